The van der Waals surface area contributed by atoms with Crippen molar-refractivity contribution < 1.29 is 9.47 Å². The zero-order chi connectivity index (χ0) is 13.5. The summed E-state index contributed by atoms with van der Waals surface area (Å²) in [6.07, 6.45) is 2.57. The monoisotopic (exact) mass is 258 g/mol. The van der Waals surface area contributed by atoms with Crippen molar-refractivity contribution in [3.63, 3.8) is 0 Å². The van der Waals surface area contributed by atoms with E-state index < -0.39 is 0 Å². The average Bonchev–Trinajstić information content (AvgIpc) is 2.47. The highest BCUT2D eigenvalue weighted by Crippen LogP contribution is 2.28. The van der Waals surface area contributed by atoms with E-state index in [4.69, 9.17) is 15.2 Å². The molecule has 0 bridgehead atoms. The van der Waals surface area contributed by atoms with Crippen LogP contribution in [-0.4, -0.2) is 18.6 Å². The summed E-state index contributed by atoms with van der Waals surface area (Å²) in [6.45, 7) is 1.04. The molecule has 0 spiro atoms. The maximum atomic E-state index is 5.77. The average molecular weight is 258 g/mol. The lowest BCUT2D eigenvalue weighted by molar-refractivity contribution is 0.280. The van der Waals surface area contributed by atoms with E-state index in [0.717, 1.165) is 29.2 Å². The summed E-state index contributed by atoms with van der Waals surface area (Å²) < 4.78 is 11.1. The highest BCUT2D eigenvalue weighted by atomic mass is 16.5. The van der Waals surface area contributed by atoms with Crippen LogP contribution in [0.15, 0.2) is 42.6 Å². The standard InChI is InChI=1S/C15H18N2O2/c1-18-14-6-5-12(7-8-16)10-15(14)19-11-13-4-2-3-9-17-13/h2-6,9-10H,7-8,11,16H2,1H3. The van der Waals surface area contributed by atoms with Crippen LogP contribution in [-0.2, 0) is 13.0 Å². The third-order valence-corrected chi connectivity index (χ3v) is 2.76. The van der Waals surface area contributed by atoms with Gasteiger partial charge in [0.2, 0.25) is 0 Å². The molecule has 1 heterocycles. The van der Waals surface area contributed by atoms with Crippen LogP contribution in [0.25, 0.3) is 0 Å². The van der Waals surface area contributed by atoms with Gasteiger partial charge in [0.25, 0.3) is 0 Å². The minimum absolute atomic E-state index is 0.420. The maximum absolute atomic E-state index is 5.77. The number of hydrogen-bond acceptors (Lipinski definition) is 4. The summed E-state index contributed by atoms with van der Waals surface area (Å²) in [6, 6.07) is 11.6. The number of nitrogens with zero attached hydrogens (tertiary/aromatic N) is 1. The van der Waals surface area contributed by atoms with Gasteiger partial charge in [-0.05, 0) is 42.8 Å². The SMILES string of the molecule is COc1ccc(CCN)cc1OCc1ccccn1. The Balaban J connectivity index is 2.11. The van der Waals surface area contributed by atoms with E-state index in [2.05, 4.69) is 4.98 Å². The van der Waals surface area contributed by atoms with Crippen LogP contribution in [0.1, 0.15) is 11.3 Å². The summed E-state index contributed by atoms with van der Waals surface area (Å²) in [5, 5.41) is 0. The van der Waals surface area contributed by atoms with Crippen molar-refractivity contribution in [3.05, 3.63) is 53.9 Å². The van der Waals surface area contributed by atoms with Crippen molar-refractivity contribution in [3.8, 4) is 11.5 Å². The highest BCUT2D eigenvalue weighted by molar-refractivity contribution is 5.43. The second-order valence-corrected chi connectivity index (χ2v) is 4.13. The molecule has 0 amide bonds. The fraction of sp³-hybridized carbons (Fsp3) is 0.267. The Labute approximate surface area is 113 Å². The molecule has 2 rings (SSSR count). The Morgan fingerprint density at radius 1 is 1.16 bits per heavy atom. The molecule has 0 saturated carbocycles. The van der Waals surface area contributed by atoms with E-state index in [9.17, 15) is 0 Å². The van der Waals surface area contributed by atoms with E-state index in [1.165, 1.54) is 0 Å². The van der Waals surface area contributed by atoms with Gasteiger partial charge in [-0.2, -0.15) is 0 Å². The third-order valence-electron chi connectivity index (χ3n) is 2.76. The van der Waals surface area contributed by atoms with Gasteiger partial charge in [0, 0.05) is 6.20 Å². The third kappa shape index (κ3) is 3.69. The minimum atomic E-state index is 0.420. The van der Waals surface area contributed by atoms with E-state index in [1.807, 2.05) is 36.4 Å². The lowest BCUT2D eigenvalue weighted by Crippen LogP contribution is -2.04. The molecule has 19 heavy (non-hydrogen) atoms. The number of aromatic nitrogens is 1. The van der Waals surface area contributed by atoms with Crippen molar-refractivity contribution in [2.45, 2.75) is 13.0 Å². The minimum Gasteiger partial charge on any atom is -0.493 e. The molecule has 2 N–H and O–H groups in total. The van der Waals surface area contributed by atoms with Crippen molar-refractivity contribution in [2.24, 2.45) is 5.73 Å². The van der Waals surface area contributed by atoms with Crippen LogP contribution < -0.4 is 15.2 Å². The van der Waals surface area contributed by atoms with Gasteiger partial charge in [-0.3, -0.25) is 4.98 Å². The van der Waals surface area contributed by atoms with Gasteiger partial charge in [-0.15, -0.1) is 0 Å². The van der Waals surface area contributed by atoms with Gasteiger partial charge in [-0.25, -0.2) is 0 Å². The predicted molar refractivity (Wildman–Crippen MR) is 74.3 cm³/mol. The molecule has 0 unspecified atom stereocenters. The molecule has 0 aliphatic rings. The second-order valence-electron chi connectivity index (χ2n) is 4.13. The highest BCUT2D eigenvalue weighted by Gasteiger charge is 2.06. The second kappa shape index (κ2) is 6.75. The Hall–Kier alpha value is -2.07. The van der Waals surface area contributed by atoms with Crippen LogP contribution in [0.2, 0.25) is 0 Å². The van der Waals surface area contributed by atoms with Crippen LogP contribution in [0.3, 0.4) is 0 Å². The molecule has 0 aliphatic carbocycles. The van der Waals surface area contributed by atoms with E-state index in [1.54, 1.807) is 13.3 Å². The quantitative estimate of drug-likeness (QED) is 0.862. The van der Waals surface area contributed by atoms with Crippen LogP contribution in [0.4, 0.5) is 0 Å². The van der Waals surface area contributed by atoms with Gasteiger partial charge in [0.05, 0.1) is 12.8 Å². The molecule has 100 valence electrons. The fourth-order valence-electron chi connectivity index (χ4n) is 1.79. The molecule has 0 radical (unpaired) electrons. The van der Waals surface area contributed by atoms with Crippen molar-refractivity contribution >= 4 is 0 Å². The molecule has 1 aromatic carbocycles. The summed E-state index contributed by atoms with van der Waals surface area (Å²) >= 11 is 0. The molecule has 0 atom stereocenters. The molecule has 0 aliphatic heterocycles. The Bertz CT molecular complexity index is 515. The summed E-state index contributed by atoms with van der Waals surface area (Å²) in [7, 11) is 1.63. The molecule has 4 nitrogen and oxygen atoms in total. The Kier molecular flexibility index (Phi) is 4.75. The summed E-state index contributed by atoms with van der Waals surface area (Å²) in [5.41, 5.74) is 7.59. The number of hydrogen-bond donors (Lipinski definition) is 1. The number of benzene rings is 1. The molecule has 1 aromatic heterocycles. The maximum Gasteiger partial charge on any atom is 0.162 e. The fourth-order valence-corrected chi connectivity index (χ4v) is 1.79. The van der Waals surface area contributed by atoms with E-state index >= 15 is 0 Å². The molecule has 2 aromatic rings. The normalized spacial score (nSPS) is 10.2. The van der Waals surface area contributed by atoms with Gasteiger partial charge in [0.15, 0.2) is 11.5 Å². The van der Waals surface area contributed by atoms with Crippen LogP contribution in [0.5, 0.6) is 11.5 Å². The zero-order valence-corrected chi connectivity index (χ0v) is 11.0. The first-order valence-corrected chi connectivity index (χ1v) is 6.23. The van der Waals surface area contributed by atoms with Gasteiger partial charge in [-0.1, -0.05) is 12.1 Å². The van der Waals surface area contributed by atoms with Crippen molar-refractivity contribution in [2.75, 3.05) is 13.7 Å². The zero-order valence-electron chi connectivity index (χ0n) is 11.0. The lowest BCUT2D eigenvalue weighted by atomic mass is 10.1. The largest absolute Gasteiger partial charge is 0.493 e. The summed E-state index contributed by atoms with van der Waals surface area (Å²) in [5.74, 6) is 1.44. The molecule has 4 heteroatoms. The van der Waals surface area contributed by atoms with Gasteiger partial charge < -0.3 is 15.2 Å². The lowest BCUT2D eigenvalue weighted by Gasteiger charge is -2.12. The van der Waals surface area contributed by atoms with Gasteiger partial charge in [0.1, 0.15) is 6.61 Å². The predicted octanol–water partition coefficient (Wildman–Crippen LogP) is 2.17. The van der Waals surface area contributed by atoms with E-state index in [-0.39, 0.29) is 0 Å². The Morgan fingerprint density at radius 2 is 2.05 bits per heavy atom. The first-order valence-electron chi connectivity index (χ1n) is 6.23. The Morgan fingerprint density at radius 3 is 2.74 bits per heavy atom. The number of pyridine rings is 1. The first kappa shape index (κ1) is 13.4. The number of ether oxygens (including phenoxy) is 2. The molecular formula is C15H18N2O2. The summed E-state index contributed by atoms with van der Waals surface area (Å²) in [4.78, 5) is 4.22. The van der Waals surface area contributed by atoms with E-state index in [0.29, 0.717) is 13.2 Å². The number of methoxy groups -OCH3 is 1. The smallest absolute Gasteiger partial charge is 0.162 e. The van der Waals surface area contributed by atoms with Gasteiger partial charge >= 0.3 is 0 Å². The number of nitrogens with two attached hydrogens (primary N) is 1. The number of rotatable bonds is 6. The molecular weight excluding hydrogens is 240 g/mol. The molecule has 0 fully saturated rings. The first-order chi connectivity index (χ1) is 9.33. The van der Waals surface area contributed by atoms with Crippen molar-refractivity contribution in [1.29, 1.82) is 0 Å². The topological polar surface area (TPSA) is 57.4 Å². The van der Waals surface area contributed by atoms with Crippen LogP contribution in [0, 0.1) is 0 Å². The molecule has 0 saturated heterocycles. The van der Waals surface area contributed by atoms with Crippen LogP contribution >= 0.6 is 0 Å². The van der Waals surface area contributed by atoms with Crippen molar-refractivity contribution in [1.82, 2.24) is 4.98 Å².